The average molecular weight is 373 g/mol. The van der Waals surface area contributed by atoms with E-state index in [0.717, 1.165) is 4.57 Å². The van der Waals surface area contributed by atoms with Crippen molar-refractivity contribution in [3.8, 4) is 12.3 Å². The van der Waals surface area contributed by atoms with Crippen molar-refractivity contribution >= 4 is 28.8 Å². The van der Waals surface area contributed by atoms with Gasteiger partial charge in [-0.3, -0.25) is 29.3 Å². The smallest absolute Gasteiger partial charge is 0.333 e. The number of ketones is 1. The average Bonchev–Trinajstić information content (AvgIpc) is 3.18. The minimum Gasteiger partial charge on any atom is -0.347 e. The Bertz CT molecular complexity index is 1070. The van der Waals surface area contributed by atoms with Gasteiger partial charge in [0, 0.05) is 13.3 Å². The molecule has 0 bridgehead atoms. The van der Waals surface area contributed by atoms with Crippen LogP contribution in [0.3, 0.4) is 0 Å². The molecule has 1 amide bonds. The van der Waals surface area contributed by atoms with E-state index in [-0.39, 0.29) is 29.4 Å². The predicted molar refractivity (Wildman–Crippen MR) is 96.2 cm³/mol. The van der Waals surface area contributed by atoms with Gasteiger partial charge in [0.05, 0.1) is 6.54 Å². The molecule has 142 valence electrons. The number of rotatable bonds is 5. The number of carbonyl (C=O) groups excluding carboxylic acids is 2. The third-order valence-corrected chi connectivity index (χ3v) is 4.35. The summed E-state index contributed by atoms with van der Waals surface area (Å²) in [5.41, 5.74) is -1.15. The number of aromatic amines is 1. The molecule has 1 aliphatic heterocycles. The number of hydrogen-bond acceptors (Lipinski definition) is 6. The maximum atomic E-state index is 12.9. The number of nitrogens with zero attached hydrogens (tertiary/aromatic N) is 3. The number of H-pyrrole nitrogens is 1. The number of nitrogens with one attached hydrogen (secondary N) is 2. The standard InChI is InChI=1S/C17H19N5O5/c1-4-8-21-13-14(19-16(18-9(3)23)20-15(13)25)22(17(21)26)12-7-6-11(27-12)10(24)5-2/h1,11-12H,5-8H2,2-3H3,(H2,18,19,20,23,25). The van der Waals surface area contributed by atoms with Gasteiger partial charge in [0.15, 0.2) is 16.9 Å². The number of ether oxygens (including phenoxy) is 1. The fourth-order valence-corrected chi connectivity index (χ4v) is 3.18. The highest BCUT2D eigenvalue weighted by atomic mass is 16.5. The topological polar surface area (TPSA) is 128 Å². The van der Waals surface area contributed by atoms with Gasteiger partial charge in [-0.2, -0.15) is 4.98 Å². The summed E-state index contributed by atoms with van der Waals surface area (Å²) in [5.74, 6) is 1.76. The van der Waals surface area contributed by atoms with Gasteiger partial charge in [-0.15, -0.1) is 6.42 Å². The molecule has 3 heterocycles. The molecule has 3 rings (SSSR count). The van der Waals surface area contributed by atoms with Crippen LogP contribution in [0, 0.1) is 12.3 Å². The van der Waals surface area contributed by atoms with Crippen molar-refractivity contribution < 1.29 is 14.3 Å². The zero-order valence-corrected chi connectivity index (χ0v) is 14.9. The van der Waals surface area contributed by atoms with Gasteiger partial charge in [-0.25, -0.2) is 9.36 Å². The first kappa shape index (κ1) is 18.6. The van der Waals surface area contributed by atoms with Gasteiger partial charge >= 0.3 is 5.69 Å². The molecule has 2 unspecified atom stereocenters. The molecule has 10 nitrogen and oxygen atoms in total. The first-order valence-electron chi connectivity index (χ1n) is 8.51. The van der Waals surface area contributed by atoms with Crippen molar-refractivity contribution in [1.82, 2.24) is 19.1 Å². The fourth-order valence-electron chi connectivity index (χ4n) is 3.18. The Labute approximate surface area is 153 Å². The van der Waals surface area contributed by atoms with E-state index in [1.807, 2.05) is 0 Å². The third-order valence-electron chi connectivity index (χ3n) is 4.35. The van der Waals surface area contributed by atoms with Gasteiger partial charge in [0.25, 0.3) is 5.56 Å². The third kappa shape index (κ3) is 3.29. The summed E-state index contributed by atoms with van der Waals surface area (Å²) >= 11 is 0. The summed E-state index contributed by atoms with van der Waals surface area (Å²) in [6.07, 6.45) is 5.18. The number of carbonyl (C=O) groups is 2. The Morgan fingerprint density at radius 1 is 1.41 bits per heavy atom. The lowest BCUT2D eigenvalue weighted by molar-refractivity contribution is -0.131. The molecule has 0 spiro atoms. The number of anilines is 1. The second-order valence-corrected chi connectivity index (χ2v) is 6.19. The largest absolute Gasteiger partial charge is 0.347 e. The maximum absolute atomic E-state index is 12.9. The Kier molecular flexibility index (Phi) is 4.96. The van der Waals surface area contributed by atoms with Gasteiger partial charge in [-0.1, -0.05) is 12.8 Å². The van der Waals surface area contributed by atoms with Gasteiger partial charge < -0.3 is 4.74 Å². The summed E-state index contributed by atoms with van der Waals surface area (Å²) < 4.78 is 8.09. The highest BCUT2D eigenvalue weighted by Crippen LogP contribution is 2.30. The first-order valence-corrected chi connectivity index (χ1v) is 8.51. The summed E-state index contributed by atoms with van der Waals surface area (Å²) in [6.45, 7) is 2.88. The van der Waals surface area contributed by atoms with Crippen LogP contribution < -0.4 is 16.6 Å². The van der Waals surface area contributed by atoms with Gasteiger partial charge in [-0.05, 0) is 12.8 Å². The molecule has 2 atom stereocenters. The van der Waals surface area contributed by atoms with E-state index in [4.69, 9.17) is 11.2 Å². The molecule has 2 aromatic heterocycles. The molecule has 0 radical (unpaired) electrons. The number of amides is 1. The lowest BCUT2D eigenvalue weighted by atomic mass is 10.1. The quantitative estimate of drug-likeness (QED) is 0.717. The van der Waals surface area contributed by atoms with Crippen LogP contribution in [-0.2, 0) is 20.9 Å². The van der Waals surface area contributed by atoms with Crippen LogP contribution in [0.1, 0.15) is 39.3 Å². The monoisotopic (exact) mass is 373 g/mol. The van der Waals surface area contributed by atoms with Crippen molar-refractivity contribution in [2.45, 2.75) is 52.0 Å². The lowest BCUT2D eigenvalue weighted by Crippen LogP contribution is -2.29. The van der Waals surface area contributed by atoms with Gasteiger partial charge in [0.2, 0.25) is 11.9 Å². The maximum Gasteiger partial charge on any atom is 0.333 e. The van der Waals surface area contributed by atoms with Crippen LogP contribution in [0.15, 0.2) is 9.59 Å². The molecule has 1 aliphatic rings. The highest BCUT2D eigenvalue weighted by Gasteiger charge is 2.34. The van der Waals surface area contributed by atoms with Crippen LogP contribution in [-0.4, -0.2) is 36.9 Å². The minimum absolute atomic E-state index is 0.0130. The number of imidazole rings is 1. The van der Waals surface area contributed by atoms with Crippen molar-refractivity contribution in [3.05, 3.63) is 20.8 Å². The zero-order valence-electron chi connectivity index (χ0n) is 14.9. The molecule has 2 N–H and O–H groups in total. The predicted octanol–water partition coefficient (Wildman–Crippen LogP) is 0.135. The SMILES string of the molecule is C#CCn1c(=O)n(C2CCC(C(=O)CC)O2)c2nc(NC(C)=O)[nH]c(=O)c21. The molecule has 1 saturated heterocycles. The van der Waals surface area contributed by atoms with E-state index >= 15 is 0 Å². The van der Waals surface area contributed by atoms with Crippen molar-refractivity contribution in [2.75, 3.05) is 5.32 Å². The fraction of sp³-hybridized carbons (Fsp3) is 0.471. The summed E-state index contributed by atoms with van der Waals surface area (Å²) in [6, 6.07) is 0. The molecule has 1 fully saturated rings. The number of hydrogen-bond donors (Lipinski definition) is 2. The number of terminal acetylenes is 1. The molecule has 27 heavy (non-hydrogen) atoms. The van der Waals surface area contributed by atoms with E-state index in [0.29, 0.717) is 19.3 Å². The van der Waals surface area contributed by atoms with Crippen molar-refractivity contribution in [1.29, 1.82) is 0 Å². The highest BCUT2D eigenvalue weighted by molar-refractivity contribution is 5.87. The van der Waals surface area contributed by atoms with E-state index < -0.39 is 29.5 Å². The molecule has 2 aromatic rings. The molecule has 0 aliphatic carbocycles. The molecule has 0 saturated carbocycles. The Morgan fingerprint density at radius 2 is 2.15 bits per heavy atom. The summed E-state index contributed by atoms with van der Waals surface area (Å²) in [4.78, 5) is 55.2. The van der Waals surface area contributed by atoms with Gasteiger partial charge in [0.1, 0.15) is 12.3 Å². The van der Waals surface area contributed by atoms with Crippen LogP contribution >= 0.6 is 0 Å². The minimum atomic E-state index is -0.751. The second-order valence-electron chi connectivity index (χ2n) is 6.19. The Hall–Kier alpha value is -3.19. The Balaban J connectivity index is 2.18. The summed E-state index contributed by atoms with van der Waals surface area (Å²) in [7, 11) is 0. The normalized spacial score (nSPS) is 19.1. The molecule has 10 heteroatoms. The van der Waals surface area contributed by atoms with Crippen LogP contribution in [0.2, 0.25) is 0 Å². The number of aromatic nitrogens is 4. The molecular formula is C17H19N5O5. The van der Waals surface area contributed by atoms with Crippen molar-refractivity contribution in [2.24, 2.45) is 0 Å². The van der Waals surface area contributed by atoms with Crippen LogP contribution in [0.4, 0.5) is 5.95 Å². The van der Waals surface area contributed by atoms with Crippen LogP contribution in [0.5, 0.6) is 0 Å². The zero-order chi connectivity index (χ0) is 19.7. The first-order chi connectivity index (χ1) is 12.9. The van der Waals surface area contributed by atoms with E-state index in [1.54, 1.807) is 6.92 Å². The molecule has 0 aromatic carbocycles. The van der Waals surface area contributed by atoms with Crippen LogP contribution in [0.25, 0.3) is 11.2 Å². The number of fused-ring (bicyclic) bond motifs is 1. The number of Topliss-reactive ketones (excluding diaryl/α,β-unsaturated/α-hetero) is 1. The molecular weight excluding hydrogens is 354 g/mol. The van der Waals surface area contributed by atoms with E-state index in [1.165, 1.54) is 11.5 Å². The lowest BCUT2D eigenvalue weighted by Gasteiger charge is -2.13. The Morgan fingerprint density at radius 3 is 2.78 bits per heavy atom. The van der Waals surface area contributed by atoms with E-state index in [9.17, 15) is 19.2 Å². The van der Waals surface area contributed by atoms with E-state index in [2.05, 4.69) is 21.2 Å². The second kappa shape index (κ2) is 7.20. The summed E-state index contributed by atoms with van der Waals surface area (Å²) in [5, 5.41) is 2.39. The van der Waals surface area contributed by atoms with Crippen molar-refractivity contribution in [3.63, 3.8) is 0 Å².